The maximum atomic E-state index is 14.4. The van der Waals surface area contributed by atoms with E-state index in [9.17, 15) is 24.3 Å². The third-order valence-electron chi connectivity index (χ3n) is 9.95. The van der Waals surface area contributed by atoms with Crippen LogP contribution in [0.1, 0.15) is 36.8 Å². The Labute approximate surface area is 251 Å². The molecule has 4 amide bonds. The molecule has 2 aliphatic carbocycles. The van der Waals surface area contributed by atoms with E-state index in [1.54, 1.807) is 61.5 Å². The first-order chi connectivity index (χ1) is 20.1. The van der Waals surface area contributed by atoms with E-state index >= 15 is 0 Å². The number of fused-ring (bicyclic) bond motifs is 4. The number of allylic oxidation sites excluding steroid dienone is 2. The maximum Gasteiger partial charge on any atom is 0.241 e. The van der Waals surface area contributed by atoms with Gasteiger partial charge in [-0.05, 0) is 74.6 Å². The van der Waals surface area contributed by atoms with Crippen molar-refractivity contribution in [3.05, 3.63) is 100 Å². The number of phenols is 1. The molecule has 0 bridgehead atoms. The summed E-state index contributed by atoms with van der Waals surface area (Å²) in [6.07, 6.45) is 2.62. The standard InChI is InChI=1S/C34H29BrN2O5/c1-18-7-6-10-24(29(18)38)28-22-15-16-23-27(32(41)36(30(23)39)21-13-11-19(35)12-14-21)25(22)17-26-31(40)37(33(42)34(26,28)2)20-8-4-3-5-9-20/h3-15,23,25-28,38H,16-17H2,1-2H3. The van der Waals surface area contributed by atoms with Crippen molar-refractivity contribution >= 4 is 50.9 Å². The van der Waals surface area contributed by atoms with Crippen molar-refractivity contribution in [3.8, 4) is 5.75 Å². The highest BCUT2D eigenvalue weighted by Crippen LogP contribution is 2.64. The van der Waals surface area contributed by atoms with Gasteiger partial charge in [-0.15, -0.1) is 0 Å². The van der Waals surface area contributed by atoms with E-state index in [1.165, 1.54) is 9.80 Å². The quantitative estimate of drug-likeness (QED) is 0.289. The van der Waals surface area contributed by atoms with Crippen LogP contribution in [0.4, 0.5) is 11.4 Å². The Hall–Kier alpha value is -4.04. The second-order valence-electron chi connectivity index (χ2n) is 12.0. The highest BCUT2D eigenvalue weighted by atomic mass is 79.9. The molecular weight excluding hydrogens is 596 g/mol. The van der Waals surface area contributed by atoms with E-state index in [4.69, 9.17) is 0 Å². The van der Waals surface area contributed by atoms with Gasteiger partial charge in [0.1, 0.15) is 5.75 Å². The summed E-state index contributed by atoms with van der Waals surface area (Å²) in [7, 11) is 0. The van der Waals surface area contributed by atoms with Crippen LogP contribution in [0.5, 0.6) is 5.75 Å². The Kier molecular flexibility index (Phi) is 6.06. The van der Waals surface area contributed by atoms with Gasteiger partial charge in [0.25, 0.3) is 0 Å². The van der Waals surface area contributed by atoms with E-state index in [1.807, 2.05) is 31.2 Å². The first-order valence-electron chi connectivity index (χ1n) is 14.2. The summed E-state index contributed by atoms with van der Waals surface area (Å²) < 4.78 is 0.839. The lowest BCUT2D eigenvalue weighted by molar-refractivity contribution is -0.131. The van der Waals surface area contributed by atoms with Crippen LogP contribution in [0.25, 0.3) is 0 Å². The second kappa shape index (κ2) is 9.49. The molecule has 2 heterocycles. The third kappa shape index (κ3) is 3.57. The Morgan fingerprint density at radius 3 is 2.21 bits per heavy atom. The number of anilines is 2. The van der Waals surface area contributed by atoms with E-state index < -0.39 is 35.0 Å². The molecule has 42 heavy (non-hydrogen) atoms. The molecule has 2 saturated heterocycles. The largest absolute Gasteiger partial charge is 0.507 e. The number of nitrogens with zero attached hydrogens (tertiary/aromatic N) is 2. The molecule has 3 aromatic rings. The van der Waals surface area contributed by atoms with Crippen molar-refractivity contribution in [1.29, 1.82) is 0 Å². The Balaban J connectivity index is 1.38. The van der Waals surface area contributed by atoms with Gasteiger partial charge in [-0.3, -0.25) is 24.1 Å². The van der Waals surface area contributed by atoms with Crippen LogP contribution in [0.2, 0.25) is 0 Å². The molecule has 4 aliphatic rings. The lowest BCUT2D eigenvalue weighted by Gasteiger charge is -2.49. The molecule has 1 N–H and O–H groups in total. The Morgan fingerprint density at radius 1 is 0.810 bits per heavy atom. The number of amides is 4. The Bertz CT molecular complexity index is 1700. The molecule has 3 aromatic carbocycles. The number of imide groups is 2. The molecule has 212 valence electrons. The van der Waals surface area contributed by atoms with E-state index in [-0.39, 0.29) is 35.8 Å². The van der Waals surface area contributed by atoms with Crippen LogP contribution in [-0.2, 0) is 19.2 Å². The molecular formula is C34H29BrN2O5. The van der Waals surface area contributed by atoms with Crippen molar-refractivity contribution in [3.63, 3.8) is 0 Å². The van der Waals surface area contributed by atoms with Gasteiger partial charge in [0, 0.05) is 16.0 Å². The molecule has 0 spiro atoms. The Morgan fingerprint density at radius 2 is 1.50 bits per heavy atom. The zero-order valence-electron chi connectivity index (χ0n) is 23.2. The summed E-state index contributed by atoms with van der Waals surface area (Å²) >= 11 is 3.41. The average Bonchev–Trinajstić information content (AvgIpc) is 3.35. The SMILES string of the molecule is Cc1cccc(C2C3=CCC4C(=O)N(c5ccc(Br)cc5)C(=O)C4C3CC3C(=O)N(c4ccccc4)C(=O)C32C)c1O. The van der Waals surface area contributed by atoms with Crippen molar-refractivity contribution in [2.24, 2.45) is 29.1 Å². The van der Waals surface area contributed by atoms with Crippen LogP contribution in [-0.4, -0.2) is 28.7 Å². The molecule has 6 unspecified atom stereocenters. The van der Waals surface area contributed by atoms with Gasteiger partial charge in [-0.2, -0.15) is 0 Å². The topological polar surface area (TPSA) is 95.0 Å². The fourth-order valence-electron chi connectivity index (χ4n) is 7.94. The molecule has 7 rings (SSSR count). The predicted molar refractivity (Wildman–Crippen MR) is 161 cm³/mol. The fraction of sp³-hybridized carbons (Fsp3) is 0.294. The van der Waals surface area contributed by atoms with E-state index in [2.05, 4.69) is 15.9 Å². The number of rotatable bonds is 3. The molecule has 7 nitrogen and oxygen atoms in total. The number of para-hydroxylation sites is 2. The van der Waals surface area contributed by atoms with Gasteiger partial charge in [-0.25, -0.2) is 4.90 Å². The number of hydrogen-bond acceptors (Lipinski definition) is 5. The number of benzene rings is 3. The molecule has 6 atom stereocenters. The third-order valence-corrected chi connectivity index (χ3v) is 10.5. The van der Waals surface area contributed by atoms with Crippen molar-refractivity contribution in [2.75, 3.05) is 9.80 Å². The minimum Gasteiger partial charge on any atom is -0.507 e. The van der Waals surface area contributed by atoms with Gasteiger partial charge in [0.05, 0.1) is 34.5 Å². The summed E-state index contributed by atoms with van der Waals surface area (Å²) in [5, 5.41) is 11.3. The van der Waals surface area contributed by atoms with Gasteiger partial charge in [0.2, 0.25) is 23.6 Å². The summed E-state index contributed by atoms with van der Waals surface area (Å²) in [5.41, 5.74) is 1.90. The molecule has 8 heteroatoms. The van der Waals surface area contributed by atoms with Crippen LogP contribution in [0.3, 0.4) is 0 Å². The summed E-state index contributed by atoms with van der Waals surface area (Å²) in [6.45, 7) is 3.63. The molecule has 2 aliphatic heterocycles. The summed E-state index contributed by atoms with van der Waals surface area (Å²) in [4.78, 5) is 58.9. The van der Waals surface area contributed by atoms with E-state index in [0.29, 0.717) is 28.9 Å². The number of carbonyl (C=O) groups is 4. The first kappa shape index (κ1) is 26.8. The number of phenolic OH excluding ortho intramolecular Hbond substituents is 1. The summed E-state index contributed by atoms with van der Waals surface area (Å²) in [6, 6.07) is 21.4. The second-order valence-corrected chi connectivity index (χ2v) is 12.9. The molecule has 3 fully saturated rings. The van der Waals surface area contributed by atoms with Crippen molar-refractivity contribution < 1.29 is 24.3 Å². The molecule has 0 radical (unpaired) electrons. The van der Waals surface area contributed by atoms with Gasteiger partial charge < -0.3 is 5.11 Å². The lowest BCUT2D eigenvalue weighted by Crippen LogP contribution is -2.49. The van der Waals surface area contributed by atoms with Crippen LogP contribution in [0, 0.1) is 36.0 Å². The van der Waals surface area contributed by atoms with Gasteiger partial charge in [0.15, 0.2) is 0 Å². The van der Waals surface area contributed by atoms with E-state index in [0.717, 1.165) is 10.0 Å². The number of hydrogen-bond donors (Lipinski definition) is 1. The van der Waals surface area contributed by atoms with Crippen LogP contribution in [0.15, 0.2) is 88.9 Å². The highest BCUT2D eigenvalue weighted by molar-refractivity contribution is 9.10. The zero-order valence-corrected chi connectivity index (χ0v) is 24.7. The zero-order chi connectivity index (χ0) is 29.5. The number of aryl methyl sites for hydroxylation is 1. The maximum absolute atomic E-state index is 14.4. The van der Waals surface area contributed by atoms with Gasteiger partial charge >= 0.3 is 0 Å². The van der Waals surface area contributed by atoms with Crippen molar-refractivity contribution in [1.82, 2.24) is 0 Å². The van der Waals surface area contributed by atoms with Crippen molar-refractivity contribution in [2.45, 2.75) is 32.6 Å². The highest BCUT2D eigenvalue weighted by Gasteiger charge is 2.68. The summed E-state index contributed by atoms with van der Waals surface area (Å²) in [5.74, 6) is -4.10. The fourth-order valence-corrected chi connectivity index (χ4v) is 8.21. The van der Waals surface area contributed by atoms with Gasteiger partial charge in [-0.1, -0.05) is 64.0 Å². The molecule has 1 saturated carbocycles. The lowest BCUT2D eigenvalue weighted by atomic mass is 9.51. The minimum atomic E-state index is -1.19. The predicted octanol–water partition coefficient (Wildman–Crippen LogP) is 5.90. The first-order valence-corrected chi connectivity index (χ1v) is 15.0. The monoisotopic (exact) mass is 624 g/mol. The normalized spacial score (nSPS) is 30.3. The number of carbonyl (C=O) groups excluding carboxylic acids is 4. The van der Waals surface area contributed by atoms with Crippen LogP contribution >= 0.6 is 15.9 Å². The van der Waals surface area contributed by atoms with Crippen LogP contribution < -0.4 is 9.80 Å². The number of aromatic hydroxyl groups is 1. The smallest absolute Gasteiger partial charge is 0.241 e. The minimum absolute atomic E-state index is 0.0786. The molecule has 0 aromatic heterocycles. The number of halogens is 1. The average molecular weight is 626 g/mol.